The van der Waals surface area contributed by atoms with Crippen LogP contribution in [-0.2, 0) is 4.79 Å². The summed E-state index contributed by atoms with van der Waals surface area (Å²) in [5, 5.41) is 6.77. The number of hydrogen-bond acceptors (Lipinski definition) is 3. The number of amides is 1. The monoisotopic (exact) mass is 411 g/mol. The number of pyridine rings is 1. The molecule has 166 valence electrons. The fourth-order valence-electron chi connectivity index (χ4n) is 5.31. The predicted molar refractivity (Wildman–Crippen MR) is 128 cm³/mol. The molecule has 0 aromatic carbocycles. The summed E-state index contributed by atoms with van der Waals surface area (Å²) in [4.78, 5) is 17.9. The first-order valence-electron chi connectivity index (χ1n) is 12.4. The molecule has 1 amide bonds. The molecular formula is C26H41N3O. The van der Waals surface area contributed by atoms with Crippen LogP contribution in [0.5, 0.6) is 0 Å². The molecule has 2 aliphatic rings. The van der Waals surface area contributed by atoms with Crippen LogP contribution in [0.25, 0.3) is 6.08 Å². The van der Waals surface area contributed by atoms with Gasteiger partial charge < -0.3 is 10.6 Å². The molecule has 1 aromatic heterocycles. The third-order valence-electron chi connectivity index (χ3n) is 6.97. The van der Waals surface area contributed by atoms with Gasteiger partial charge in [-0.2, -0.15) is 0 Å². The minimum Gasteiger partial charge on any atom is -0.386 e. The summed E-state index contributed by atoms with van der Waals surface area (Å²) in [7, 11) is 1.98. The van der Waals surface area contributed by atoms with E-state index in [0.29, 0.717) is 5.92 Å². The van der Waals surface area contributed by atoms with Crippen LogP contribution in [0.1, 0.15) is 114 Å². The molecule has 0 radical (unpaired) electrons. The van der Waals surface area contributed by atoms with E-state index >= 15 is 0 Å². The molecule has 2 fully saturated rings. The maximum absolute atomic E-state index is 13.2. The van der Waals surface area contributed by atoms with E-state index in [1.54, 1.807) is 0 Å². The van der Waals surface area contributed by atoms with Crippen molar-refractivity contribution in [2.45, 2.75) is 103 Å². The highest BCUT2D eigenvalue weighted by molar-refractivity contribution is 5.94. The van der Waals surface area contributed by atoms with Crippen LogP contribution in [0.2, 0.25) is 0 Å². The predicted octanol–water partition coefficient (Wildman–Crippen LogP) is 7.28. The standard InChI is InChI=1S/C26H41N3O/c1-3-14-22-25(27-2)24(20-15-10-6-4-7-11-16-20)23(19-28-22)29-26(30)21-17-12-8-5-9-13-18-21/h3,14,19-21,27H,4-13,15-18H2,1-2H3,(H,29,30)/b14-3-. The molecule has 30 heavy (non-hydrogen) atoms. The van der Waals surface area contributed by atoms with Crippen LogP contribution in [0, 0.1) is 5.92 Å². The largest absolute Gasteiger partial charge is 0.386 e. The number of carbonyl (C=O) groups is 1. The van der Waals surface area contributed by atoms with E-state index in [1.807, 2.05) is 26.2 Å². The Morgan fingerprint density at radius 2 is 1.50 bits per heavy atom. The lowest BCUT2D eigenvalue weighted by Gasteiger charge is -2.27. The minimum absolute atomic E-state index is 0.142. The SMILES string of the molecule is C/C=C\c1ncc(NC(=O)C2CCCCCCC2)c(C2CCCCCCC2)c1NC. The Morgan fingerprint density at radius 3 is 2.07 bits per heavy atom. The van der Waals surface area contributed by atoms with Crippen molar-refractivity contribution >= 4 is 23.4 Å². The number of anilines is 2. The highest BCUT2D eigenvalue weighted by atomic mass is 16.1. The molecular weight excluding hydrogens is 370 g/mol. The molecule has 4 heteroatoms. The average molecular weight is 412 g/mol. The topological polar surface area (TPSA) is 54.0 Å². The Kier molecular flexibility index (Phi) is 9.23. The molecule has 3 rings (SSSR count). The molecule has 2 aliphatic carbocycles. The number of nitrogens with zero attached hydrogens (tertiary/aromatic N) is 1. The van der Waals surface area contributed by atoms with Crippen LogP contribution in [0.4, 0.5) is 11.4 Å². The van der Waals surface area contributed by atoms with Crippen molar-refractivity contribution in [3.8, 4) is 0 Å². The van der Waals surface area contributed by atoms with Crippen LogP contribution in [0.3, 0.4) is 0 Å². The van der Waals surface area contributed by atoms with Gasteiger partial charge in [0.1, 0.15) is 0 Å². The van der Waals surface area contributed by atoms with Gasteiger partial charge in [-0.25, -0.2) is 0 Å². The van der Waals surface area contributed by atoms with Crippen molar-refractivity contribution in [2.24, 2.45) is 5.92 Å². The Morgan fingerprint density at radius 1 is 0.933 bits per heavy atom. The second-order valence-corrected chi connectivity index (χ2v) is 9.17. The van der Waals surface area contributed by atoms with E-state index < -0.39 is 0 Å². The van der Waals surface area contributed by atoms with Crippen LogP contribution >= 0.6 is 0 Å². The van der Waals surface area contributed by atoms with Gasteiger partial charge in [-0.15, -0.1) is 0 Å². The van der Waals surface area contributed by atoms with E-state index in [0.717, 1.165) is 29.9 Å². The first kappa shape index (κ1) is 22.8. The Hall–Kier alpha value is -1.84. The van der Waals surface area contributed by atoms with Gasteiger partial charge in [0.05, 0.1) is 23.3 Å². The summed E-state index contributed by atoms with van der Waals surface area (Å²) in [5.41, 5.74) is 4.28. The number of carbonyl (C=O) groups excluding carboxylic acids is 1. The van der Waals surface area contributed by atoms with E-state index in [4.69, 9.17) is 4.98 Å². The Labute approximate surface area is 183 Å². The summed E-state index contributed by atoms with van der Waals surface area (Å²) >= 11 is 0. The molecule has 0 aliphatic heterocycles. The molecule has 2 saturated carbocycles. The van der Waals surface area contributed by atoms with Crippen molar-refractivity contribution in [3.05, 3.63) is 23.5 Å². The number of nitrogens with one attached hydrogen (secondary N) is 2. The zero-order chi connectivity index (χ0) is 21.2. The van der Waals surface area contributed by atoms with Gasteiger partial charge in [0, 0.05) is 18.5 Å². The van der Waals surface area contributed by atoms with Crippen LogP contribution in [-0.4, -0.2) is 17.9 Å². The molecule has 0 unspecified atom stereocenters. The zero-order valence-corrected chi connectivity index (χ0v) is 19.1. The number of rotatable bonds is 5. The molecule has 0 bridgehead atoms. The van der Waals surface area contributed by atoms with Gasteiger partial charge >= 0.3 is 0 Å². The fraction of sp³-hybridized carbons (Fsp3) is 0.692. The molecule has 0 spiro atoms. The molecule has 0 atom stereocenters. The van der Waals surface area contributed by atoms with Crippen molar-refractivity contribution < 1.29 is 4.79 Å². The normalized spacial score (nSPS) is 20.2. The van der Waals surface area contributed by atoms with Gasteiger partial charge in [-0.3, -0.25) is 9.78 Å². The lowest BCUT2D eigenvalue weighted by molar-refractivity contribution is -0.120. The van der Waals surface area contributed by atoms with Gasteiger partial charge in [-0.05, 0) is 44.6 Å². The maximum atomic E-state index is 13.2. The van der Waals surface area contributed by atoms with Crippen molar-refractivity contribution in [1.29, 1.82) is 0 Å². The fourth-order valence-corrected chi connectivity index (χ4v) is 5.31. The second kappa shape index (κ2) is 12.1. The quantitative estimate of drug-likeness (QED) is 0.535. The average Bonchev–Trinajstić information content (AvgIpc) is 2.69. The third kappa shape index (κ3) is 6.09. The summed E-state index contributed by atoms with van der Waals surface area (Å²) in [6, 6.07) is 0. The van der Waals surface area contributed by atoms with E-state index in [2.05, 4.69) is 16.7 Å². The molecule has 1 heterocycles. The molecule has 2 N–H and O–H groups in total. The summed E-state index contributed by atoms with van der Waals surface area (Å²) in [6.45, 7) is 2.03. The lowest BCUT2D eigenvalue weighted by Crippen LogP contribution is -2.25. The second-order valence-electron chi connectivity index (χ2n) is 9.17. The van der Waals surface area contributed by atoms with Crippen LogP contribution < -0.4 is 10.6 Å². The lowest BCUT2D eigenvalue weighted by atomic mass is 9.84. The van der Waals surface area contributed by atoms with Gasteiger partial charge in [0.25, 0.3) is 0 Å². The van der Waals surface area contributed by atoms with Gasteiger partial charge in [0.15, 0.2) is 0 Å². The maximum Gasteiger partial charge on any atom is 0.227 e. The zero-order valence-electron chi connectivity index (χ0n) is 19.1. The van der Waals surface area contributed by atoms with E-state index in [1.165, 1.54) is 82.6 Å². The van der Waals surface area contributed by atoms with Gasteiger partial charge in [0.2, 0.25) is 5.91 Å². The van der Waals surface area contributed by atoms with Crippen molar-refractivity contribution in [1.82, 2.24) is 4.98 Å². The molecule has 0 saturated heterocycles. The summed E-state index contributed by atoms with van der Waals surface area (Å²) in [5.74, 6) is 0.822. The Balaban J connectivity index is 1.90. The smallest absolute Gasteiger partial charge is 0.227 e. The number of hydrogen-bond donors (Lipinski definition) is 2. The molecule has 1 aromatic rings. The van der Waals surface area contributed by atoms with Gasteiger partial charge in [-0.1, -0.05) is 70.3 Å². The van der Waals surface area contributed by atoms with Crippen molar-refractivity contribution in [2.75, 3.05) is 17.7 Å². The highest BCUT2D eigenvalue weighted by Gasteiger charge is 2.26. The first-order chi connectivity index (χ1) is 14.7. The third-order valence-corrected chi connectivity index (χ3v) is 6.97. The molecule has 4 nitrogen and oxygen atoms in total. The first-order valence-corrected chi connectivity index (χ1v) is 12.4. The summed E-state index contributed by atoms with van der Waals surface area (Å²) < 4.78 is 0. The minimum atomic E-state index is 0.142. The van der Waals surface area contributed by atoms with E-state index in [9.17, 15) is 4.79 Å². The highest BCUT2D eigenvalue weighted by Crippen LogP contribution is 2.41. The van der Waals surface area contributed by atoms with E-state index in [-0.39, 0.29) is 11.8 Å². The summed E-state index contributed by atoms with van der Waals surface area (Å²) in [6.07, 6.45) is 23.2. The Bertz CT molecular complexity index is 696. The van der Waals surface area contributed by atoms with Crippen molar-refractivity contribution in [3.63, 3.8) is 0 Å². The number of aromatic nitrogens is 1. The number of allylic oxidation sites excluding steroid dienone is 1. The van der Waals surface area contributed by atoms with Crippen LogP contribution in [0.15, 0.2) is 12.3 Å².